The highest BCUT2D eigenvalue weighted by Gasteiger charge is 2.05. The fourth-order valence-electron chi connectivity index (χ4n) is 1.87. The molecule has 1 heterocycles. The molecular formula is C15H18BrN3. The first-order valence-electron chi connectivity index (χ1n) is 6.46. The van der Waals surface area contributed by atoms with Gasteiger partial charge < -0.3 is 5.32 Å². The van der Waals surface area contributed by atoms with Gasteiger partial charge in [-0.25, -0.2) is 9.97 Å². The predicted molar refractivity (Wildman–Crippen MR) is 82.9 cm³/mol. The molecule has 0 saturated heterocycles. The molecule has 1 N–H and O–H groups in total. The number of nitrogens with zero attached hydrogens (tertiary/aromatic N) is 2. The molecule has 0 aliphatic rings. The highest BCUT2D eigenvalue weighted by atomic mass is 79.9. The van der Waals surface area contributed by atoms with Gasteiger partial charge in [0.1, 0.15) is 16.2 Å². The summed E-state index contributed by atoms with van der Waals surface area (Å²) in [6, 6.07) is 8.26. The quantitative estimate of drug-likeness (QED) is 0.840. The van der Waals surface area contributed by atoms with Crippen LogP contribution in [0.3, 0.4) is 0 Å². The second-order valence-corrected chi connectivity index (χ2v) is 5.50. The SMILES string of the molecule is CCCc1nc(Br)cc(Nc2cc(C)ccc2C)n1. The van der Waals surface area contributed by atoms with Crippen LogP contribution in [0.1, 0.15) is 30.3 Å². The molecule has 3 nitrogen and oxygen atoms in total. The third-order valence-electron chi connectivity index (χ3n) is 2.87. The Labute approximate surface area is 122 Å². The van der Waals surface area contributed by atoms with E-state index in [1.165, 1.54) is 11.1 Å². The van der Waals surface area contributed by atoms with Gasteiger partial charge in [0, 0.05) is 18.2 Å². The van der Waals surface area contributed by atoms with Gasteiger partial charge in [-0.2, -0.15) is 0 Å². The third kappa shape index (κ3) is 3.77. The summed E-state index contributed by atoms with van der Waals surface area (Å²) < 4.78 is 0.818. The van der Waals surface area contributed by atoms with Crippen LogP contribution < -0.4 is 5.32 Å². The van der Waals surface area contributed by atoms with Crippen molar-refractivity contribution in [3.63, 3.8) is 0 Å². The number of benzene rings is 1. The molecule has 2 aromatic rings. The molecule has 0 amide bonds. The van der Waals surface area contributed by atoms with E-state index >= 15 is 0 Å². The van der Waals surface area contributed by atoms with Crippen LogP contribution >= 0.6 is 15.9 Å². The molecule has 0 fully saturated rings. The van der Waals surface area contributed by atoms with Crippen molar-refractivity contribution in [2.24, 2.45) is 0 Å². The summed E-state index contributed by atoms with van der Waals surface area (Å²) in [4.78, 5) is 8.91. The van der Waals surface area contributed by atoms with Crippen molar-refractivity contribution < 1.29 is 0 Å². The Kier molecular flexibility index (Phi) is 4.53. The zero-order valence-corrected chi connectivity index (χ0v) is 13.1. The predicted octanol–water partition coefficient (Wildman–Crippen LogP) is 4.55. The molecule has 0 saturated carbocycles. The van der Waals surface area contributed by atoms with Crippen LogP contribution in [0.2, 0.25) is 0 Å². The number of anilines is 2. The first-order chi connectivity index (χ1) is 9.08. The van der Waals surface area contributed by atoms with Gasteiger partial charge in [0.2, 0.25) is 0 Å². The highest BCUT2D eigenvalue weighted by Crippen LogP contribution is 2.22. The average molecular weight is 320 g/mol. The van der Waals surface area contributed by atoms with Crippen LogP contribution in [0, 0.1) is 13.8 Å². The molecule has 2 rings (SSSR count). The fraction of sp³-hybridized carbons (Fsp3) is 0.333. The van der Waals surface area contributed by atoms with Crippen LogP contribution in [-0.4, -0.2) is 9.97 Å². The Bertz CT molecular complexity index is 582. The van der Waals surface area contributed by atoms with E-state index in [4.69, 9.17) is 0 Å². The number of hydrogen-bond donors (Lipinski definition) is 1. The zero-order valence-electron chi connectivity index (χ0n) is 11.5. The first-order valence-corrected chi connectivity index (χ1v) is 7.25. The molecule has 4 heteroatoms. The Morgan fingerprint density at radius 1 is 1.16 bits per heavy atom. The van der Waals surface area contributed by atoms with Crippen molar-refractivity contribution >= 4 is 27.4 Å². The normalized spacial score (nSPS) is 10.5. The molecule has 19 heavy (non-hydrogen) atoms. The Hall–Kier alpha value is -1.42. The highest BCUT2D eigenvalue weighted by molar-refractivity contribution is 9.10. The topological polar surface area (TPSA) is 37.8 Å². The van der Waals surface area contributed by atoms with Gasteiger partial charge in [-0.1, -0.05) is 19.1 Å². The van der Waals surface area contributed by atoms with Gasteiger partial charge in [0.25, 0.3) is 0 Å². The second kappa shape index (κ2) is 6.15. The summed E-state index contributed by atoms with van der Waals surface area (Å²) in [6.07, 6.45) is 1.93. The molecule has 1 aromatic carbocycles. The minimum absolute atomic E-state index is 0.818. The van der Waals surface area contributed by atoms with Gasteiger partial charge in [-0.3, -0.25) is 0 Å². The maximum atomic E-state index is 4.54. The number of rotatable bonds is 4. The molecule has 0 atom stereocenters. The van der Waals surface area contributed by atoms with E-state index in [1.54, 1.807) is 0 Å². The molecule has 0 aliphatic heterocycles. The lowest BCUT2D eigenvalue weighted by molar-refractivity contribution is 0.831. The lowest BCUT2D eigenvalue weighted by Crippen LogP contribution is -2.01. The van der Waals surface area contributed by atoms with Crippen LogP contribution in [0.5, 0.6) is 0 Å². The van der Waals surface area contributed by atoms with Crippen LogP contribution in [0.25, 0.3) is 0 Å². The smallest absolute Gasteiger partial charge is 0.135 e. The van der Waals surface area contributed by atoms with Gasteiger partial charge in [-0.15, -0.1) is 0 Å². The largest absolute Gasteiger partial charge is 0.340 e. The summed E-state index contributed by atoms with van der Waals surface area (Å²) in [5.41, 5.74) is 3.53. The third-order valence-corrected chi connectivity index (χ3v) is 3.28. The molecule has 0 radical (unpaired) electrons. The maximum Gasteiger partial charge on any atom is 0.135 e. The summed E-state index contributed by atoms with van der Waals surface area (Å²) in [5, 5.41) is 3.37. The zero-order chi connectivity index (χ0) is 13.8. The second-order valence-electron chi connectivity index (χ2n) is 4.69. The van der Waals surface area contributed by atoms with Crippen molar-refractivity contribution in [3.8, 4) is 0 Å². The van der Waals surface area contributed by atoms with Gasteiger partial charge in [0.05, 0.1) is 0 Å². The van der Waals surface area contributed by atoms with Crippen LogP contribution in [0.4, 0.5) is 11.5 Å². The number of halogens is 1. The van der Waals surface area contributed by atoms with Crippen molar-refractivity contribution in [3.05, 3.63) is 45.8 Å². The van der Waals surface area contributed by atoms with Crippen molar-refractivity contribution in [1.29, 1.82) is 0 Å². The van der Waals surface area contributed by atoms with Gasteiger partial charge in [0.15, 0.2) is 0 Å². The summed E-state index contributed by atoms with van der Waals surface area (Å²) in [6.45, 7) is 6.30. The molecule has 0 unspecified atom stereocenters. The van der Waals surface area contributed by atoms with E-state index in [9.17, 15) is 0 Å². The van der Waals surface area contributed by atoms with E-state index in [0.717, 1.165) is 34.8 Å². The lowest BCUT2D eigenvalue weighted by atomic mass is 10.1. The fourth-order valence-corrected chi connectivity index (χ4v) is 2.29. The number of hydrogen-bond acceptors (Lipinski definition) is 3. The maximum absolute atomic E-state index is 4.54. The molecule has 100 valence electrons. The summed E-state index contributed by atoms with van der Waals surface area (Å²) in [7, 11) is 0. The Morgan fingerprint density at radius 2 is 1.95 bits per heavy atom. The minimum atomic E-state index is 0.818. The van der Waals surface area contributed by atoms with E-state index in [-0.39, 0.29) is 0 Å². The van der Waals surface area contributed by atoms with Crippen molar-refractivity contribution in [2.75, 3.05) is 5.32 Å². The lowest BCUT2D eigenvalue weighted by Gasteiger charge is -2.11. The van der Waals surface area contributed by atoms with Crippen molar-refractivity contribution in [2.45, 2.75) is 33.6 Å². The Morgan fingerprint density at radius 3 is 2.68 bits per heavy atom. The monoisotopic (exact) mass is 319 g/mol. The van der Waals surface area contributed by atoms with Gasteiger partial charge >= 0.3 is 0 Å². The molecule has 1 aromatic heterocycles. The average Bonchev–Trinajstić information content (AvgIpc) is 2.33. The summed E-state index contributed by atoms with van der Waals surface area (Å²) >= 11 is 3.44. The number of aryl methyl sites for hydroxylation is 3. The van der Waals surface area contributed by atoms with E-state index in [0.29, 0.717) is 0 Å². The molecular weight excluding hydrogens is 302 g/mol. The molecule has 0 aliphatic carbocycles. The van der Waals surface area contributed by atoms with E-state index < -0.39 is 0 Å². The van der Waals surface area contributed by atoms with Gasteiger partial charge in [-0.05, 0) is 53.4 Å². The van der Waals surface area contributed by atoms with Crippen LogP contribution in [-0.2, 0) is 6.42 Å². The standard InChI is InChI=1S/C15H18BrN3/c1-4-5-14-18-13(16)9-15(19-14)17-12-8-10(2)6-7-11(12)3/h6-9H,4-5H2,1-3H3,(H,17,18,19). The number of nitrogens with one attached hydrogen (secondary N) is 1. The van der Waals surface area contributed by atoms with E-state index in [2.05, 4.69) is 70.2 Å². The first kappa shape index (κ1) is 14.0. The van der Waals surface area contributed by atoms with Crippen LogP contribution in [0.15, 0.2) is 28.9 Å². The Balaban J connectivity index is 2.29. The van der Waals surface area contributed by atoms with E-state index in [1.807, 2.05) is 6.07 Å². The molecule has 0 bridgehead atoms. The van der Waals surface area contributed by atoms with Crippen molar-refractivity contribution in [1.82, 2.24) is 9.97 Å². The molecule has 0 spiro atoms. The minimum Gasteiger partial charge on any atom is -0.340 e. The summed E-state index contributed by atoms with van der Waals surface area (Å²) in [5.74, 6) is 1.70. The number of aromatic nitrogens is 2.